The average Bonchev–Trinajstić information content (AvgIpc) is 3.28. The summed E-state index contributed by atoms with van der Waals surface area (Å²) in [7, 11) is 1.29. The summed E-state index contributed by atoms with van der Waals surface area (Å²) < 4.78 is 6.54. The number of para-hydroxylation sites is 1. The van der Waals surface area contributed by atoms with Crippen molar-refractivity contribution in [2.75, 3.05) is 12.4 Å². The summed E-state index contributed by atoms with van der Waals surface area (Å²) in [6.07, 6.45) is 1.47. The quantitative estimate of drug-likeness (QED) is 0.828. The molecule has 0 bridgehead atoms. The molecule has 0 radical (unpaired) electrons. The fraction of sp³-hybridized carbons (Fsp3) is 0.333. The zero-order valence-corrected chi connectivity index (χ0v) is 14.9. The van der Waals surface area contributed by atoms with Crippen LogP contribution in [0.25, 0.3) is 0 Å². The summed E-state index contributed by atoms with van der Waals surface area (Å²) in [6, 6.07) is 6.64. The summed E-state index contributed by atoms with van der Waals surface area (Å²) >= 11 is 0. The van der Waals surface area contributed by atoms with Gasteiger partial charge in [0, 0.05) is 24.7 Å². The summed E-state index contributed by atoms with van der Waals surface area (Å²) in [4.78, 5) is 29.6. The number of carbonyl (C=O) groups is 2. The van der Waals surface area contributed by atoms with Crippen molar-refractivity contribution >= 4 is 23.3 Å². The third kappa shape index (κ3) is 3.44. The molecule has 1 aromatic heterocycles. The lowest BCUT2D eigenvalue weighted by Gasteiger charge is -2.12. The molecular weight excluding hydrogens is 336 g/mol. The number of nitrogens with one attached hydrogen (secondary N) is 1. The minimum absolute atomic E-state index is 0.280. The van der Waals surface area contributed by atoms with E-state index in [9.17, 15) is 9.59 Å². The lowest BCUT2D eigenvalue weighted by atomic mass is 10.1. The number of hydrogen-bond donors (Lipinski definition) is 1. The van der Waals surface area contributed by atoms with E-state index in [4.69, 9.17) is 9.57 Å². The molecule has 1 aromatic carbocycles. The van der Waals surface area contributed by atoms with Gasteiger partial charge in [-0.2, -0.15) is 5.10 Å². The number of oxime groups is 1. The Bertz CT molecular complexity index is 872. The molecule has 136 valence electrons. The van der Waals surface area contributed by atoms with E-state index in [1.165, 1.54) is 7.11 Å². The second-order valence-electron chi connectivity index (χ2n) is 5.85. The maximum Gasteiger partial charge on any atom is 0.339 e. The molecule has 1 aliphatic rings. The zero-order valence-electron chi connectivity index (χ0n) is 14.9. The van der Waals surface area contributed by atoms with Crippen LogP contribution < -0.4 is 5.32 Å². The topological polar surface area (TPSA) is 94.8 Å². The van der Waals surface area contributed by atoms with Crippen molar-refractivity contribution in [3.05, 3.63) is 47.3 Å². The molecule has 8 heteroatoms. The minimum atomic E-state index is -0.764. The molecule has 0 saturated heterocycles. The van der Waals surface area contributed by atoms with Crippen LogP contribution >= 0.6 is 0 Å². The predicted molar refractivity (Wildman–Crippen MR) is 95.1 cm³/mol. The molecule has 0 fully saturated rings. The Labute approximate surface area is 150 Å². The molecule has 1 atom stereocenters. The molecule has 1 N–H and O–H groups in total. The number of benzene rings is 1. The Morgan fingerprint density at radius 3 is 2.85 bits per heavy atom. The van der Waals surface area contributed by atoms with Crippen LogP contribution in [-0.2, 0) is 20.9 Å². The van der Waals surface area contributed by atoms with Crippen molar-refractivity contribution < 1.29 is 19.2 Å². The molecule has 1 amide bonds. The highest BCUT2D eigenvalue weighted by Gasteiger charge is 2.31. The van der Waals surface area contributed by atoms with E-state index in [-0.39, 0.29) is 11.5 Å². The third-order valence-electron chi connectivity index (χ3n) is 4.13. The Balaban J connectivity index is 1.70. The highest BCUT2D eigenvalue weighted by molar-refractivity contribution is 6.08. The van der Waals surface area contributed by atoms with Gasteiger partial charge in [0.25, 0.3) is 5.91 Å². The first-order chi connectivity index (χ1) is 12.5. The van der Waals surface area contributed by atoms with Gasteiger partial charge in [-0.15, -0.1) is 0 Å². The van der Waals surface area contributed by atoms with Crippen molar-refractivity contribution in [1.29, 1.82) is 0 Å². The molecule has 26 heavy (non-hydrogen) atoms. The molecular formula is C18H20N4O4. The first kappa shape index (κ1) is 17.7. The molecule has 2 heterocycles. The van der Waals surface area contributed by atoms with Gasteiger partial charge in [-0.3, -0.25) is 9.48 Å². The predicted octanol–water partition coefficient (Wildman–Crippen LogP) is 2.13. The number of anilines is 1. The van der Waals surface area contributed by atoms with Crippen LogP contribution in [0, 0.1) is 6.92 Å². The second kappa shape index (κ2) is 7.38. The van der Waals surface area contributed by atoms with Gasteiger partial charge in [0.1, 0.15) is 0 Å². The average molecular weight is 356 g/mol. The fourth-order valence-corrected chi connectivity index (χ4v) is 2.73. The molecule has 8 nitrogen and oxygen atoms in total. The molecule has 3 rings (SSSR count). The van der Waals surface area contributed by atoms with E-state index in [1.807, 2.05) is 24.7 Å². The van der Waals surface area contributed by atoms with Crippen molar-refractivity contribution in [3.63, 3.8) is 0 Å². The van der Waals surface area contributed by atoms with Crippen molar-refractivity contribution in [2.45, 2.75) is 32.9 Å². The van der Waals surface area contributed by atoms with Gasteiger partial charge >= 0.3 is 5.97 Å². The van der Waals surface area contributed by atoms with Crippen molar-refractivity contribution in [2.24, 2.45) is 5.16 Å². The smallest absolute Gasteiger partial charge is 0.339 e. The number of esters is 1. The first-order valence-corrected chi connectivity index (χ1v) is 8.28. The largest absolute Gasteiger partial charge is 0.465 e. The molecule has 0 spiro atoms. The van der Waals surface area contributed by atoms with Crippen molar-refractivity contribution in [1.82, 2.24) is 9.78 Å². The third-order valence-corrected chi connectivity index (χ3v) is 4.13. The molecule has 2 aromatic rings. The summed E-state index contributed by atoms with van der Waals surface area (Å²) in [5.74, 6) is -0.895. The fourth-order valence-electron chi connectivity index (χ4n) is 2.73. The summed E-state index contributed by atoms with van der Waals surface area (Å²) in [5.41, 5.74) is 3.05. The second-order valence-corrected chi connectivity index (χ2v) is 5.85. The van der Waals surface area contributed by atoms with Crippen LogP contribution in [-0.4, -0.2) is 40.6 Å². The van der Waals surface area contributed by atoms with E-state index < -0.39 is 12.1 Å². The van der Waals surface area contributed by atoms with Gasteiger partial charge in [-0.25, -0.2) is 4.79 Å². The van der Waals surface area contributed by atoms with Crippen LogP contribution in [0.4, 0.5) is 5.69 Å². The number of nitrogens with zero attached hydrogens (tertiary/aromatic N) is 3. The zero-order chi connectivity index (χ0) is 18.7. The Kier molecular flexibility index (Phi) is 5.01. The van der Waals surface area contributed by atoms with Crippen molar-refractivity contribution in [3.8, 4) is 0 Å². The van der Waals surface area contributed by atoms with Gasteiger partial charge in [-0.05, 0) is 26.0 Å². The Morgan fingerprint density at radius 1 is 1.38 bits per heavy atom. The van der Waals surface area contributed by atoms with Gasteiger partial charge in [0.2, 0.25) is 6.10 Å². The van der Waals surface area contributed by atoms with Crippen LogP contribution in [0.2, 0.25) is 0 Å². The van der Waals surface area contributed by atoms with E-state index in [2.05, 4.69) is 15.6 Å². The van der Waals surface area contributed by atoms with E-state index in [0.717, 1.165) is 17.8 Å². The Hall–Kier alpha value is -3.16. The lowest BCUT2D eigenvalue weighted by Crippen LogP contribution is -2.28. The van der Waals surface area contributed by atoms with Gasteiger partial charge in [0.05, 0.1) is 29.8 Å². The first-order valence-electron chi connectivity index (χ1n) is 8.28. The SMILES string of the molecule is CCn1cc(C2=NO[C@@H](C(=O)Nc3ccccc3C(=O)OC)C2)c(C)n1. The summed E-state index contributed by atoms with van der Waals surface area (Å²) in [6.45, 7) is 4.64. The number of carbonyl (C=O) groups excluding carboxylic acids is 2. The number of rotatable bonds is 5. The van der Waals surface area contributed by atoms with Crippen LogP contribution in [0.3, 0.4) is 0 Å². The van der Waals surface area contributed by atoms with Gasteiger partial charge in [0.15, 0.2) is 0 Å². The molecule has 0 saturated carbocycles. The number of methoxy groups -OCH3 is 1. The van der Waals surface area contributed by atoms with E-state index >= 15 is 0 Å². The molecule has 1 aliphatic heterocycles. The summed E-state index contributed by atoms with van der Waals surface area (Å²) in [5, 5.41) is 11.1. The highest BCUT2D eigenvalue weighted by Crippen LogP contribution is 2.22. The lowest BCUT2D eigenvalue weighted by molar-refractivity contribution is -0.125. The maximum absolute atomic E-state index is 12.5. The van der Waals surface area contributed by atoms with Gasteiger partial charge < -0.3 is 14.9 Å². The normalized spacial score (nSPS) is 16.0. The monoisotopic (exact) mass is 356 g/mol. The highest BCUT2D eigenvalue weighted by atomic mass is 16.6. The number of aromatic nitrogens is 2. The van der Waals surface area contributed by atoms with E-state index in [0.29, 0.717) is 17.8 Å². The standard InChI is InChI=1S/C18H20N4O4/c1-4-22-10-13(11(2)20-22)15-9-16(26-21-15)17(23)19-14-8-6-5-7-12(14)18(24)25-3/h5-8,10,16H,4,9H2,1-3H3,(H,19,23)/t16-/m1/s1. The number of ether oxygens (including phenoxy) is 1. The molecule has 0 unspecified atom stereocenters. The number of hydrogen-bond acceptors (Lipinski definition) is 6. The van der Waals surface area contributed by atoms with Crippen LogP contribution in [0.15, 0.2) is 35.6 Å². The maximum atomic E-state index is 12.5. The molecule has 0 aliphatic carbocycles. The van der Waals surface area contributed by atoms with E-state index in [1.54, 1.807) is 24.3 Å². The number of aryl methyl sites for hydroxylation is 2. The van der Waals surface area contributed by atoms with Crippen LogP contribution in [0.5, 0.6) is 0 Å². The number of amides is 1. The minimum Gasteiger partial charge on any atom is -0.465 e. The Morgan fingerprint density at radius 2 is 2.15 bits per heavy atom. The van der Waals surface area contributed by atoms with Gasteiger partial charge in [-0.1, -0.05) is 17.3 Å². The van der Waals surface area contributed by atoms with Crippen LogP contribution in [0.1, 0.15) is 35.0 Å².